The van der Waals surface area contributed by atoms with Crippen LogP contribution in [0, 0.1) is 0 Å². The third kappa shape index (κ3) is 4.20. The number of carboxylic acid groups (broad SMARTS) is 1. The molecule has 4 rings (SSSR count). The van der Waals surface area contributed by atoms with Gasteiger partial charge in [0.1, 0.15) is 5.75 Å². The van der Waals surface area contributed by atoms with Gasteiger partial charge in [0, 0.05) is 31.3 Å². The Balaban J connectivity index is 1.53. The van der Waals surface area contributed by atoms with E-state index in [1.54, 1.807) is 31.4 Å². The van der Waals surface area contributed by atoms with Crippen molar-refractivity contribution in [2.45, 2.75) is 43.9 Å². The lowest BCUT2D eigenvalue weighted by Crippen LogP contribution is -2.44. The van der Waals surface area contributed by atoms with E-state index in [4.69, 9.17) is 4.74 Å². The molecule has 1 spiro atoms. The maximum atomic E-state index is 13.1. The summed E-state index contributed by atoms with van der Waals surface area (Å²) in [6.45, 7) is 2.63. The Bertz CT molecular complexity index is 1060. The molecular weight excluding hydrogens is 408 g/mol. The number of benzene rings is 2. The highest BCUT2D eigenvalue weighted by atomic mass is 16.5. The van der Waals surface area contributed by atoms with E-state index in [0.29, 0.717) is 24.3 Å². The highest BCUT2D eigenvalue weighted by Gasteiger charge is 2.46. The highest BCUT2D eigenvalue weighted by Crippen LogP contribution is 2.53. The number of anilines is 1. The number of fused-ring (bicyclic) bond motifs is 2. The zero-order chi connectivity index (χ0) is 22.9. The van der Waals surface area contributed by atoms with Crippen molar-refractivity contribution in [1.82, 2.24) is 4.90 Å². The first-order valence-corrected chi connectivity index (χ1v) is 10.9. The van der Waals surface area contributed by atoms with Gasteiger partial charge in [0.25, 0.3) is 5.91 Å². The number of aliphatic carboxylic acids is 1. The number of carbonyl (C=O) groups excluding carboxylic acids is 2. The van der Waals surface area contributed by atoms with Gasteiger partial charge in [-0.25, -0.2) is 0 Å². The number of nitrogens with zero attached hydrogens (tertiary/aromatic N) is 1. The number of hydrogen-bond acceptors (Lipinski definition) is 4. The van der Waals surface area contributed by atoms with E-state index in [9.17, 15) is 19.5 Å². The molecule has 32 heavy (non-hydrogen) atoms. The number of carbonyl (C=O) groups is 3. The van der Waals surface area contributed by atoms with Gasteiger partial charge >= 0.3 is 5.97 Å². The predicted molar refractivity (Wildman–Crippen MR) is 120 cm³/mol. The lowest BCUT2D eigenvalue weighted by molar-refractivity contribution is -0.137. The second-order valence-electron chi connectivity index (χ2n) is 8.79. The largest absolute Gasteiger partial charge is 0.497 e. The number of amides is 2. The summed E-state index contributed by atoms with van der Waals surface area (Å²) in [7, 11) is 1.63. The van der Waals surface area contributed by atoms with Gasteiger partial charge in [-0.15, -0.1) is 0 Å². The lowest BCUT2D eigenvalue weighted by Gasteiger charge is -2.40. The molecule has 2 aromatic carbocycles. The molecule has 0 saturated carbocycles. The van der Waals surface area contributed by atoms with Crippen LogP contribution in [0.3, 0.4) is 0 Å². The van der Waals surface area contributed by atoms with Crippen molar-refractivity contribution in [3.05, 3.63) is 59.2 Å². The standard InChI is InChI=1S/C25H28N2O5/c1-16(28)26-19-5-3-4-17(12-19)24(31)27-10-8-25(9-11-27)15-18(13-23(29)30)21-7-6-20(32-2)14-22(21)25/h3-7,12,14,18H,8-11,13,15H2,1-2H3,(H,26,28)(H,29,30). The molecule has 2 aliphatic rings. The topological polar surface area (TPSA) is 95.9 Å². The second kappa shape index (κ2) is 8.65. The van der Waals surface area contributed by atoms with Crippen molar-refractivity contribution in [3.63, 3.8) is 0 Å². The van der Waals surface area contributed by atoms with Gasteiger partial charge in [-0.2, -0.15) is 0 Å². The molecule has 1 aliphatic heterocycles. The Morgan fingerprint density at radius 1 is 1.16 bits per heavy atom. The number of hydrogen-bond donors (Lipinski definition) is 2. The summed E-state index contributed by atoms with van der Waals surface area (Å²) in [5.74, 6) is -0.281. The number of carboxylic acids is 1. The van der Waals surface area contributed by atoms with Crippen LogP contribution >= 0.6 is 0 Å². The van der Waals surface area contributed by atoms with Crippen LogP contribution in [0.5, 0.6) is 5.75 Å². The molecule has 1 heterocycles. The smallest absolute Gasteiger partial charge is 0.303 e. The number of rotatable bonds is 5. The number of methoxy groups -OCH3 is 1. The average molecular weight is 437 g/mol. The molecule has 7 heteroatoms. The van der Waals surface area contributed by atoms with Gasteiger partial charge in [-0.3, -0.25) is 14.4 Å². The number of nitrogens with one attached hydrogen (secondary N) is 1. The van der Waals surface area contributed by atoms with Crippen LogP contribution in [-0.4, -0.2) is 48.0 Å². The summed E-state index contributed by atoms with van der Waals surface area (Å²) in [5, 5.41) is 12.1. The number of piperidine rings is 1. The summed E-state index contributed by atoms with van der Waals surface area (Å²) in [4.78, 5) is 37.7. The molecule has 2 aromatic rings. The maximum Gasteiger partial charge on any atom is 0.303 e. The third-order valence-electron chi connectivity index (χ3n) is 6.77. The normalized spacial score (nSPS) is 18.8. The van der Waals surface area contributed by atoms with Gasteiger partial charge in [0.2, 0.25) is 5.91 Å². The van der Waals surface area contributed by atoms with Gasteiger partial charge in [0.05, 0.1) is 13.5 Å². The van der Waals surface area contributed by atoms with E-state index in [1.165, 1.54) is 12.5 Å². The van der Waals surface area contributed by atoms with E-state index < -0.39 is 5.97 Å². The Hall–Kier alpha value is -3.35. The van der Waals surface area contributed by atoms with E-state index in [0.717, 1.165) is 30.6 Å². The van der Waals surface area contributed by atoms with Crippen LogP contribution in [0.2, 0.25) is 0 Å². The molecule has 1 saturated heterocycles. The Morgan fingerprint density at radius 3 is 2.56 bits per heavy atom. The minimum Gasteiger partial charge on any atom is -0.497 e. The van der Waals surface area contributed by atoms with Crippen molar-refractivity contribution in [3.8, 4) is 5.75 Å². The lowest BCUT2D eigenvalue weighted by atomic mass is 9.73. The van der Waals surface area contributed by atoms with Gasteiger partial charge < -0.3 is 20.1 Å². The maximum absolute atomic E-state index is 13.1. The van der Waals surface area contributed by atoms with Crippen LogP contribution in [0.1, 0.15) is 60.0 Å². The van der Waals surface area contributed by atoms with Crippen molar-refractivity contribution in [2.75, 3.05) is 25.5 Å². The van der Waals surface area contributed by atoms with Gasteiger partial charge in [-0.05, 0) is 72.1 Å². The zero-order valence-electron chi connectivity index (χ0n) is 18.4. The summed E-state index contributed by atoms with van der Waals surface area (Å²) in [5.41, 5.74) is 3.27. The minimum atomic E-state index is -0.791. The summed E-state index contributed by atoms with van der Waals surface area (Å²) < 4.78 is 5.43. The van der Waals surface area contributed by atoms with Crippen LogP contribution in [0.25, 0.3) is 0 Å². The molecule has 2 N–H and O–H groups in total. The molecule has 168 valence electrons. The fraction of sp³-hybridized carbons (Fsp3) is 0.400. The van der Waals surface area contributed by atoms with E-state index in [2.05, 4.69) is 5.32 Å². The first kappa shape index (κ1) is 21.9. The van der Waals surface area contributed by atoms with Crippen molar-refractivity contribution in [2.24, 2.45) is 0 Å². The van der Waals surface area contributed by atoms with Gasteiger partial charge in [-0.1, -0.05) is 12.1 Å². The fourth-order valence-electron chi connectivity index (χ4n) is 5.29. The van der Waals surface area contributed by atoms with Crippen molar-refractivity contribution < 1.29 is 24.2 Å². The second-order valence-corrected chi connectivity index (χ2v) is 8.79. The summed E-state index contributed by atoms with van der Waals surface area (Å²) >= 11 is 0. The Morgan fingerprint density at radius 2 is 1.91 bits per heavy atom. The van der Waals surface area contributed by atoms with E-state index in [-0.39, 0.29) is 29.6 Å². The molecule has 1 fully saturated rings. The van der Waals surface area contributed by atoms with Crippen molar-refractivity contribution >= 4 is 23.5 Å². The van der Waals surface area contributed by atoms with Crippen LogP contribution in [0.15, 0.2) is 42.5 Å². The summed E-state index contributed by atoms with van der Waals surface area (Å²) in [6, 6.07) is 12.9. The minimum absolute atomic E-state index is 0.0232. The Labute approximate surface area is 187 Å². The van der Waals surface area contributed by atoms with E-state index in [1.807, 2.05) is 23.1 Å². The zero-order valence-corrected chi connectivity index (χ0v) is 18.4. The Kier molecular flexibility index (Phi) is 5.91. The van der Waals surface area contributed by atoms with Crippen LogP contribution in [-0.2, 0) is 15.0 Å². The highest BCUT2D eigenvalue weighted by molar-refractivity contribution is 5.96. The molecule has 0 radical (unpaired) electrons. The average Bonchev–Trinajstić information content (AvgIpc) is 3.05. The summed E-state index contributed by atoms with van der Waals surface area (Å²) in [6.07, 6.45) is 2.45. The molecule has 2 amide bonds. The molecular formula is C25H28N2O5. The van der Waals surface area contributed by atoms with Crippen molar-refractivity contribution in [1.29, 1.82) is 0 Å². The SMILES string of the molecule is COc1ccc2c(c1)C1(CCN(C(=O)c3cccc(NC(C)=O)c3)CC1)CC2CC(=O)O. The molecule has 1 unspecified atom stereocenters. The quantitative estimate of drug-likeness (QED) is 0.744. The molecule has 1 aliphatic carbocycles. The van der Waals surface area contributed by atoms with Gasteiger partial charge in [0.15, 0.2) is 0 Å². The molecule has 7 nitrogen and oxygen atoms in total. The molecule has 1 atom stereocenters. The van der Waals surface area contributed by atoms with E-state index >= 15 is 0 Å². The molecule has 0 aromatic heterocycles. The third-order valence-corrected chi connectivity index (χ3v) is 6.77. The number of ether oxygens (including phenoxy) is 1. The fourth-order valence-corrected chi connectivity index (χ4v) is 5.29. The monoisotopic (exact) mass is 436 g/mol. The van der Waals surface area contributed by atoms with Crippen LogP contribution < -0.4 is 10.1 Å². The molecule has 0 bridgehead atoms. The first-order valence-electron chi connectivity index (χ1n) is 10.9. The number of likely N-dealkylation sites (tertiary alicyclic amines) is 1. The first-order chi connectivity index (χ1) is 15.3. The van der Waals surface area contributed by atoms with Crippen LogP contribution in [0.4, 0.5) is 5.69 Å². The predicted octanol–water partition coefficient (Wildman–Crippen LogP) is 3.79.